The summed E-state index contributed by atoms with van der Waals surface area (Å²) in [5, 5.41) is 11.5. The van der Waals surface area contributed by atoms with Crippen molar-refractivity contribution in [1.29, 1.82) is 0 Å². The first kappa shape index (κ1) is 21.5. The van der Waals surface area contributed by atoms with Gasteiger partial charge in [0.2, 0.25) is 0 Å². The van der Waals surface area contributed by atoms with E-state index in [4.69, 9.17) is 9.47 Å². The van der Waals surface area contributed by atoms with Crippen molar-refractivity contribution in [3.8, 4) is 0 Å². The molecular weight excluding hydrogens is 384 g/mol. The molecule has 0 amide bonds. The fourth-order valence-corrected chi connectivity index (χ4v) is 8.02. The van der Waals surface area contributed by atoms with Crippen molar-refractivity contribution in [2.75, 3.05) is 0 Å². The number of carbonyl (C=O) groups excluding carboxylic acids is 3. The fourth-order valence-electron chi connectivity index (χ4n) is 8.02. The maximum Gasteiger partial charge on any atom is 0.302 e. The number of ketones is 1. The van der Waals surface area contributed by atoms with Gasteiger partial charge in [-0.25, -0.2) is 0 Å². The molecule has 0 aliphatic heterocycles. The molecule has 0 aromatic carbocycles. The molecule has 0 saturated heterocycles. The number of hydrogen-bond acceptors (Lipinski definition) is 6. The zero-order chi connectivity index (χ0) is 22.2. The van der Waals surface area contributed by atoms with Crippen LogP contribution in [0.2, 0.25) is 0 Å². The Bertz CT molecular complexity index is 815. The smallest absolute Gasteiger partial charge is 0.302 e. The highest BCUT2D eigenvalue weighted by atomic mass is 16.5. The number of esters is 2. The second kappa shape index (κ2) is 6.65. The standard InChI is InChI=1S/C24H34O6/c1-12-15-7-8-16-23(6)17(22(4,5)10-9-19(23)29-13(2)25)11-18(27)24(16,20(12)28)21(15)30-14(3)26/h15-19,21,27H,1,7-11H2,2-6H3/t15-,16-,17+,18+,19+,21+,23-,24-/m0/s1. The van der Waals surface area contributed by atoms with Gasteiger partial charge in [0, 0.05) is 25.2 Å². The van der Waals surface area contributed by atoms with Gasteiger partial charge in [0.1, 0.15) is 17.6 Å². The van der Waals surface area contributed by atoms with E-state index in [1.165, 1.54) is 13.8 Å². The molecule has 4 aliphatic carbocycles. The van der Waals surface area contributed by atoms with Crippen molar-refractivity contribution in [3.63, 3.8) is 0 Å². The molecule has 8 atom stereocenters. The molecule has 1 N–H and O–H groups in total. The molecule has 2 bridgehead atoms. The molecule has 4 saturated carbocycles. The van der Waals surface area contributed by atoms with E-state index in [1.54, 1.807) is 0 Å². The molecule has 0 unspecified atom stereocenters. The minimum absolute atomic E-state index is 0.0690. The van der Waals surface area contributed by atoms with E-state index < -0.39 is 29.0 Å². The lowest BCUT2D eigenvalue weighted by Gasteiger charge is -2.66. The Kier molecular flexibility index (Phi) is 4.78. The lowest BCUT2D eigenvalue weighted by atomic mass is 9.39. The van der Waals surface area contributed by atoms with Crippen molar-refractivity contribution in [2.45, 2.75) is 85.0 Å². The van der Waals surface area contributed by atoms with Crippen molar-refractivity contribution < 1.29 is 29.0 Å². The molecular formula is C24H34O6. The van der Waals surface area contributed by atoms with Crippen LogP contribution >= 0.6 is 0 Å². The summed E-state index contributed by atoms with van der Waals surface area (Å²) in [4.78, 5) is 37.7. The molecule has 4 fully saturated rings. The third kappa shape index (κ3) is 2.55. The first-order valence-corrected chi connectivity index (χ1v) is 11.1. The van der Waals surface area contributed by atoms with E-state index in [0.717, 1.165) is 12.8 Å². The Morgan fingerprint density at radius 1 is 1.03 bits per heavy atom. The van der Waals surface area contributed by atoms with Crippen LogP contribution in [0.15, 0.2) is 12.2 Å². The minimum atomic E-state index is -1.21. The number of aliphatic hydroxyl groups is 1. The Morgan fingerprint density at radius 2 is 1.67 bits per heavy atom. The van der Waals surface area contributed by atoms with Gasteiger partial charge in [-0.2, -0.15) is 0 Å². The topological polar surface area (TPSA) is 89.9 Å². The summed E-state index contributed by atoms with van der Waals surface area (Å²) in [7, 11) is 0. The van der Waals surface area contributed by atoms with Gasteiger partial charge in [-0.3, -0.25) is 14.4 Å². The molecule has 6 nitrogen and oxygen atoms in total. The molecule has 0 heterocycles. The maximum absolute atomic E-state index is 13.7. The summed E-state index contributed by atoms with van der Waals surface area (Å²) < 4.78 is 11.6. The number of rotatable bonds is 2. The van der Waals surface area contributed by atoms with Crippen LogP contribution in [-0.4, -0.2) is 41.1 Å². The molecule has 6 heteroatoms. The van der Waals surface area contributed by atoms with E-state index in [0.29, 0.717) is 24.8 Å². The molecule has 0 aromatic rings. The number of Topliss-reactive ketones (excluding diaryl/α,β-unsaturated/α-hetero) is 1. The number of carbonyl (C=O) groups is 3. The van der Waals surface area contributed by atoms with Crippen LogP contribution in [0.4, 0.5) is 0 Å². The summed E-state index contributed by atoms with van der Waals surface area (Å²) in [6.45, 7) is 13.3. The number of hydrogen-bond donors (Lipinski definition) is 1. The average Bonchev–Trinajstić information content (AvgIpc) is 2.75. The Labute approximate surface area is 178 Å². The van der Waals surface area contributed by atoms with E-state index in [1.807, 2.05) is 0 Å². The van der Waals surface area contributed by atoms with Crippen molar-refractivity contribution in [2.24, 2.45) is 34.0 Å². The van der Waals surface area contributed by atoms with E-state index in [-0.39, 0.29) is 41.0 Å². The molecule has 4 aliphatic rings. The fraction of sp³-hybridized carbons (Fsp3) is 0.792. The summed E-state index contributed by atoms with van der Waals surface area (Å²) in [5.41, 5.74) is -1.32. The predicted octanol–water partition coefficient (Wildman–Crippen LogP) is 3.21. The van der Waals surface area contributed by atoms with Crippen LogP contribution in [0.25, 0.3) is 0 Å². The lowest BCUT2D eigenvalue weighted by molar-refractivity contribution is -0.258. The first-order valence-electron chi connectivity index (χ1n) is 11.1. The summed E-state index contributed by atoms with van der Waals surface area (Å²) in [6, 6.07) is 0. The van der Waals surface area contributed by atoms with Crippen molar-refractivity contribution in [1.82, 2.24) is 0 Å². The molecule has 1 spiro atoms. The Morgan fingerprint density at radius 3 is 2.27 bits per heavy atom. The van der Waals surface area contributed by atoms with Crippen molar-refractivity contribution >= 4 is 17.7 Å². The molecule has 30 heavy (non-hydrogen) atoms. The van der Waals surface area contributed by atoms with Gasteiger partial charge in [0.25, 0.3) is 0 Å². The number of aliphatic hydroxyl groups excluding tert-OH is 1. The highest BCUT2D eigenvalue weighted by molar-refractivity contribution is 6.04. The van der Waals surface area contributed by atoms with E-state index >= 15 is 0 Å². The number of fused-ring (bicyclic) bond motifs is 3. The Balaban J connectivity index is 1.90. The second-order valence-corrected chi connectivity index (χ2v) is 10.8. The van der Waals surface area contributed by atoms with Gasteiger partial charge < -0.3 is 14.6 Å². The van der Waals surface area contributed by atoms with Crippen LogP contribution in [0.1, 0.15) is 66.7 Å². The van der Waals surface area contributed by atoms with Gasteiger partial charge in [0.15, 0.2) is 5.78 Å². The summed E-state index contributed by atoms with van der Waals surface area (Å²) in [5.74, 6) is -1.38. The highest BCUT2D eigenvalue weighted by Gasteiger charge is 2.76. The van der Waals surface area contributed by atoms with Gasteiger partial charge in [-0.1, -0.05) is 27.4 Å². The van der Waals surface area contributed by atoms with Gasteiger partial charge >= 0.3 is 11.9 Å². The van der Waals surface area contributed by atoms with E-state index in [2.05, 4.69) is 27.4 Å². The van der Waals surface area contributed by atoms with Gasteiger partial charge in [-0.05, 0) is 54.9 Å². The van der Waals surface area contributed by atoms with Gasteiger partial charge in [0.05, 0.1) is 6.10 Å². The van der Waals surface area contributed by atoms with Gasteiger partial charge in [-0.15, -0.1) is 0 Å². The van der Waals surface area contributed by atoms with E-state index in [9.17, 15) is 19.5 Å². The van der Waals surface area contributed by atoms with Crippen LogP contribution in [0.3, 0.4) is 0 Å². The predicted molar refractivity (Wildman–Crippen MR) is 109 cm³/mol. The first-order chi connectivity index (χ1) is 13.9. The third-order valence-corrected chi connectivity index (χ3v) is 9.11. The molecule has 4 rings (SSSR count). The molecule has 166 valence electrons. The minimum Gasteiger partial charge on any atom is -0.462 e. The largest absolute Gasteiger partial charge is 0.462 e. The highest BCUT2D eigenvalue weighted by Crippen LogP contribution is 2.71. The quantitative estimate of drug-likeness (QED) is 0.547. The second-order valence-electron chi connectivity index (χ2n) is 10.8. The van der Waals surface area contributed by atoms with Crippen LogP contribution in [0, 0.1) is 34.0 Å². The van der Waals surface area contributed by atoms with Crippen LogP contribution in [0.5, 0.6) is 0 Å². The third-order valence-electron chi connectivity index (χ3n) is 9.11. The zero-order valence-electron chi connectivity index (χ0n) is 18.7. The molecule has 0 aromatic heterocycles. The van der Waals surface area contributed by atoms with Crippen molar-refractivity contribution in [3.05, 3.63) is 12.2 Å². The maximum atomic E-state index is 13.7. The average molecular weight is 419 g/mol. The summed E-state index contributed by atoms with van der Waals surface area (Å²) in [6.07, 6.45) is 1.45. The lowest BCUT2D eigenvalue weighted by Crippen LogP contribution is -2.70. The SMILES string of the molecule is C=C1C(=O)[C@@]23[C@H](O)C[C@@H]4C(C)(C)CC[C@@H](OC(C)=O)[C@@]4(C)[C@@H]2CC[C@@H]1[C@H]3OC(C)=O. The monoisotopic (exact) mass is 418 g/mol. The number of ether oxygens (including phenoxy) is 2. The van der Waals surface area contributed by atoms with Crippen LogP contribution in [-0.2, 0) is 23.9 Å². The Hall–Kier alpha value is -1.69. The summed E-state index contributed by atoms with van der Waals surface area (Å²) >= 11 is 0. The zero-order valence-corrected chi connectivity index (χ0v) is 18.7. The van der Waals surface area contributed by atoms with Crippen LogP contribution < -0.4 is 0 Å². The normalized spacial score (nSPS) is 46.6. The molecule has 0 radical (unpaired) electrons.